The molecule has 0 radical (unpaired) electrons. The molecule has 0 saturated carbocycles. The molecule has 6 heteroatoms. The first kappa shape index (κ1) is 18.3. The number of alkyl carbamates (subject to hydrolysis) is 1. The molecule has 1 N–H and O–H groups in total. The number of rotatable bonds is 4. The van der Waals surface area contributed by atoms with Gasteiger partial charge in [0.15, 0.2) is 0 Å². The van der Waals surface area contributed by atoms with Crippen molar-refractivity contribution in [2.75, 3.05) is 13.2 Å². The zero-order valence-corrected chi connectivity index (χ0v) is 14.6. The monoisotopic (exact) mass is 335 g/mol. The zero-order valence-electron chi connectivity index (χ0n) is 14.6. The van der Waals surface area contributed by atoms with Crippen molar-refractivity contribution in [2.24, 2.45) is 0 Å². The number of carbonyl (C=O) groups excluding carboxylic acids is 2. The molecule has 2 rings (SSSR count). The van der Waals surface area contributed by atoms with Crippen molar-refractivity contribution in [1.29, 1.82) is 0 Å². The number of hydrogen-bond donors (Lipinski definition) is 1. The summed E-state index contributed by atoms with van der Waals surface area (Å²) in [5.74, 6) is -0.373. The van der Waals surface area contributed by atoms with Crippen LogP contribution in [-0.4, -0.2) is 43.0 Å². The molecular weight excluding hydrogens is 310 g/mol. The Hall–Kier alpha value is -2.08. The maximum absolute atomic E-state index is 12.0. The first-order valence-electron chi connectivity index (χ1n) is 8.08. The van der Waals surface area contributed by atoms with Gasteiger partial charge in [-0.05, 0) is 46.2 Å². The number of aryl methyl sites for hydroxylation is 1. The predicted octanol–water partition coefficient (Wildman–Crippen LogP) is 2.83. The minimum atomic E-state index is -0.535. The quantitative estimate of drug-likeness (QED) is 0.857. The van der Waals surface area contributed by atoms with Crippen LogP contribution in [0.15, 0.2) is 24.3 Å². The van der Waals surface area contributed by atoms with E-state index in [0.29, 0.717) is 18.6 Å². The van der Waals surface area contributed by atoms with Gasteiger partial charge in [-0.1, -0.05) is 17.7 Å². The first-order chi connectivity index (χ1) is 11.2. The molecule has 1 saturated heterocycles. The van der Waals surface area contributed by atoms with Crippen molar-refractivity contribution in [2.45, 2.75) is 51.9 Å². The Bertz CT molecular complexity index is 576. The van der Waals surface area contributed by atoms with Gasteiger partial charge in [-0.3, -0.25) is 0 Å². The number of carbonyl (C=O) groups is 2. The molecule has 1 aliphatic rings. The topological polar surface area (TPSA) is 73.9 Å². The van der Waals surface area contributed by atoms with Gasteiger partial charge in [0.25, 0.3) is 0 Å². The van der Waals surface area contributed by atoms with Crippen LogP contribution in [0.3, 0.4) is 0 Å². The van der Waals surface area contributed by atoms with Crippen molar-refractivity contribution in [3.8, 4) is 0 Å². The van der Waals surface area contributed by atoms with E-state index in [0.717, 1.165) is 5.56 Å². The lowest BCUT2D eigenvalue weighted by Crippen LogP contribution is -2.39. The average molecular weight is 335 g/mol. The molecular formula is C18H25NO5. The molecule has 1 heterocycles. The zero-order chi connectivity index (χ0) is 17.7. The van der Waals surface area contributed by atoms with Crippen LogP contribution in [0.4, 0.5) is 4.79 Å². The van der Waals surface area contributed by atoms with Crippen LogP contribution in [0.1, 0.15) is 43.1 Å². The Labute approximate surface area is 142 Å². The van der Waals surface area contributed by atoms with Crippen molar-refractivity contribution in [3.05, 3.63) is 35.4 Å². The summed E-state index contributed by atoms with van der Waals surface area (Å²) in [6, 6.07) is 7.07. The summed E-state index contributed by atoms with van der Waals surface area (Å²) < 4.78 is 16.0. The van der Waals surface area contributed by atoms with Gasteiger partial charge in [-0.25, -0.2) is 9.59 Å². The third-order valence-corrected chi connectivity index (χ3v) is 3.49. The first-order valence-corrected chi connectivity index (χ1v) is 8.08. The highest BCUT2D eigenvalue weighted by atomic mass is 16.6. The fraction of sp³-hybridized carbons (Fsp3) is 0.556. The molecule has 1 aliphatic heterocycles. The molecule has 1 aromatic carbocycles. The van der Waals surface area contributed by atoms with Crippen LogP contribution in [-0.2, 0) is 14.2 Å². The van der Waals surface area contributed by atoms with Gasteiger partial charge in [0, 0.05) is 0 Å². The molecule has 1 aromatic rings. The predicted molar refractivity (Wildman–Crippen MR) is 89.0 cm³/mol. The number of nitrogens with one attached hydrogen (secondary N) is 1. The van der Waals surface area contributed by atoms with Crippen LogP contribution in [0.5, 0.6) is 0 Å². The van der Waals surface area contributed by atoms with E-state index in [-0.39, 0.29) is 24.7 Å². The van der Waals surface area contributed by atoms with Crippen LogP contribution in [0, 0.1) is 6.92 Å². The number of benzene rings is 1. The summed E-state index contributed by atoms with van der Waals surface area (Å²) in [6.07, 6.45) is -0.104. The van der Waals surface area contributed by atoms with Crippen molar-refractivity contribution >= 4 is 12.1 Å². The largest absolute Gasteiger partial charge is 0.459 e. The van der Waals surface area contributed by atoms with E-state index in [1.165, 1.54) is 0 Å². The molecule has 0 spiro atoms. The summed E-state index contributed by atoms with van der Waals surface area (Å²) in [4.78, 5) is 23.7. The van der Waals surface area contributed by atoms with Gasteiger partial charge >= 0.3 is 12.1 Å². The maximum Gasteiger partial charge on any atom is 0.407 e. The van der Waals surface area contributed by atoms with E-state index in [4.69, 9.17) is 14.2 Å². The number of esters is 1. The average Bonchev–Trinajstić information content (AvgIpc) is 2.91. The van der Waals surface area contributed by atoms with Crippen LogP contribution in [0.2, 0.25) is 0 Å². The Morgan fingerprint density at radius 1 is 1.25 bits per heavy atom. The normalized spacial score (nSPS) is 20.5. The van der Waals surface area contributed by atoms with Gasteiger partial charge in [0.05, 0.1) is 24.3 Å². The van der Waals surface area contributed by atoms with Gasteiger partial charge in [0.2, 0.25) is 0 Å². The molecule has 132 valence electrons. The van der Waals surface area contributed by atoms with Crippen LogP contribution < -0.4 is 5.32 Å². The van der Waals surface area contributed by atoms with Gasteiger partial charge < -0.3 is 19.5 Å². The summed E-state index contributed by atoms with van der Waals surface area (Å²) in [6.45, 7) is 7.94. The molecule has 1 amide bonds. The van der Waals surface area contributed by atoms with Gasteiger partial charge in [-0.15, -0.1) is 0 Å². The molecule has 0 bridgehead atoms. The molecule has 6 nitrogen and oxygen atoms in total. The Morgan fingerprint density at radius 3 is 2.54 bits per heavy atom. The van der Waals surface area contributed by atoms with E-state index in [2.05, 4.69) is 5.32 Å². The molecule has 0 unspecified atom stereocenters. The van der Waals surface area contributed by atoms with E-state index in [1.807, 2.05) is 39.8 Å². The fourth-order valence-electron chi connectivity index (χ4n) is 2.34. The van der Waals surface area contributed by atoms with E-state index in [1.54, 1.807) is 12.1 Å². The minimum absolute atomic E-state index is 0.136. The lowest BCUT2D eigenvalue weighted by Gasteiger charge is -2.21. The Balaban J connectivity index is 1.73. The van der Waals surface area contributed by atoms with E-state index < -0.39 is 11.7 Å². The maximum atomic E-state index is 12.0. The highest BCUT2D eigenvalue weighted by Gasteiger charge is 2.29. The highest BCUT2D eigenvalue weighted by molar-refractivity contribution is 5.89. The Kier molecular flexibility index (Phi) is 5.83. The standard InChI is InChI=1S/C18H25NO5/c1-12-5-7-13(8-6-12)16(20)23-11-15-9-14(10-22-15)19-17(21)24-18(2,3)4/h5-8,14-15H,9-11H2,1-4H3,(H,19,21)/t14-,15-/m0/s1. The summed E-state index contributed by atoms with van der Waals surface area (Å²) in [5.41, 5.74) is 1.07. The smallest absolute Gasteiger partial charge is 0.407 e. The second kappa shape index (κ2) is 7.66. The fourth-order valence-corrected chi connectivity index (χ4v) is 2.34. The van der Waals surface area contributed by atoms with E-state index >= 15 is 0 Å². The SMILES string of the molecule is Cc1ccc(C(=O)OC[C@@H]2C[C@H](NC(=O)OC(C)(C)C)CO2)cc1. The lowest BCUT2D eigenvalue weighted by molar-refractivity contribution is 0.0158. The van der Waals surface area contributed by atoms with Crippen molar-refractivity contribution < 1.29 is 23.8 Å². The van der Waals surface area contributed by atoms with Crippen LogP contribution >= 0.6 is 0 Å². The highest BCUT2D eigenvalue weighted by Crippen LogP contribution is 2.16. The molecule has 2 atom stereocenters. The van der Waals surface area contributed by atoms with Gasteiger partial charge in [-0.2, -0.15) is 0 Å². The molecule has 0 aromatic heterocycles. The number of hydrogen-bond acceptors (Lipinski definition) is 5. The third kappa shape index (κ3) is 5.85. The molecule has 24 heavy (non-hydrogen) atoms. The van der Waals surface area contributed by atoms with Gasteiger partial charge in [0.1, 0.15) is 12.2 Å². The second-order valence-electron chi connectivity index (χ2n) is 7.00. The molecule has 0 aliphatic carbocycles. The minimum Gasteiger partial charge on any atom is -0.459 e. The number of amides is 1. The Morgan fingerprint density at radius 2 is 1.92 bits per heavy atom. The lowest BCUT2D eigenvalue weighted by atomic mass is 10.1. The van der Waals surface area contributed by atoms with Crippen molar-refractivity contribution in [1.82, 2.24) is 5.32 Å². The third-order valence-electron chi connectivity index (χ3n) is 3.49. The summed E-state index contributed by atoms with van der Waals surface area (Å²) in [5, 5.41) is 2.76. The number of ether oxygens (including phenoxy) is 3. The summed E-state index contributed by atoms with van der Waals surface area (Å²) in [7, 11) is 0. The van der Waals surface area contributed by atoms with Crippen molar-refractivity contribution in [3.63, 3.8) is 0 Å². The second-order valence-corrected chi connectivity index (χ2v) is 7.00. The molecule has 1 fully saturated rings. The van der Waals surface area contributed by atoms with E-state index in [9.17, 15) is 9.59 Å². The summed E-state index contributed by atoms with van der Waals surface area (Å²) >= 11 is 0. The van der Waals surface area contributed by atoms with Crippen LogP contribution in [0.25, 0.3) is 0 Å².